The Morgan fingerprint density at radius 3 is 2.29 bits per heavy atom. The Balaban J connectivity index is 2.34. The van der Waals surface area contributed by atoms with Crippen LogP contribution in [0.5, 0.6) is 0 Å². The maximum Gasteiger partial charge on any atom is 0.328 e. The van der Waals surface area contributed by atoms with Gasteiger partial charge in [-0.05, 0) is 18.8 Å². The molecule has 0 bridgehead atoms. The molecule has 1 atom stereocenters. The Morgan fingerprint density at radius 2 is 1.82 bits per heavy atom. The molecule has 0 aliphatic heterocycles. The number of nitrogens with one attached hydrogen (secondary N) is 1. The van der Waals surface area contributed by atoms with Crippen molar-refractivity contribution >= 4 is 11.9 Å². The Hall–Kier alpha value is -1.13. The summed E-state index contributed by atoms with van der Waals surface area (Å²) in [6.45, 7) is -1.06. The standard InChI is InChI=1S/C12H20FNO3/c13-8-10(12(16)17)14-11(15)7-9-5-3-1-2-4-6-9/h9-10H,1-8H2,(H,14,15)(H,16,17). The van der Waals surface area contributed by atoms with Gasteiger partial charge in [-0.3, -0.25) is 4.79 Å². The fourth-order valence-corrected chi connectivity index (χ4v) is 2.25. The van der Waals surface area contributed by atoms with Gasteiger partial charge in [-0.25, -0.2) is 9.18 Å². The molecule has 1 aliphatic carbocycles. The zero-order chi connectivity index (χ0) is 12.7. The van der Waals surface area contributed by atoms with Crippen LogP contribution in [-0.4, -0.2) is 29.7 Å². The normalized spacial score (nSPS) is 19.4. The zero-order valence-corrected chi connectivity index (χ0v) is 9.95. The number of carboxylic acid groups (broad SMARTS) is 1. The molecule has 1 saturated carbocycles. The Bertz CT molecular complexity index is 262. The van der Waals surface area contributed by atoms with Crippen molar-refractivity contribution in [3.63, 3.8) is 0 Å². The molecule has 0 aromatic rings. The van der Waals surface area contributed by atoms with Crippen molar-refractivity contribution in [1.29, 1.82) is 0 Å². The minimum Gasteiger partial charge on any atom is -0.480 e. The summed E-state index contributed by atoms with van der Waals surface area (Å²) in [5.74, 6) is -1.34. The van der Waals surface area contributed by atoms with Crippen LogP contribution < -0.4 is 5.32 Å². The first-order chi connectivity index (χ1) is 8.13. The quantitative estimate of drug-likeness (QED) is 0.727. The molecule has 0 radical (unpaired) electrons. The van der Waals surface area contributed by atoms with E-state index in [1.54, 1.807) is 0 Å². The van der Waals surface area contributed by atoms with E-state index in [0.717, 1.165) is 25.7 Å². The predicted octanol–water partition coefficient (Wildman–Crippen LogP) is 1.89. The van der Waals surface area contributed by atoms with Gasteiger partial charge in [0.1, 0.15) is 6.67 Å². The maximum atomic E-state index is 12.3. The summed E-state index contributed by atoms with van der Waals surface area (Å²) in [7, 11) is 0. The third-order valence-corrected chi connectivity index (χ3v) is 3.24. The minimum absolute atomic E-state index is 0.323. The van der Waals surface area contributed by atoms with E-state index in [1.165, 1.54) is 12.8 Å². The number of rotatable bonds is 5. The molecule has 0 aromatic carbocycles. The molecule has 0 saturated heterocycles. The van der Waals surface area contributed by atoms with Crippen LogP contribution in [0.1, 0.15) is 44.9 Å². The van der Waals surface area contributed by atoms with Gasteiger partial charge in [-0.15, -0.1) is 0 Å². The van der Waals surface area contributed by atoms with Gasteiger partial charge in [0.15, 0.2) is 6.04 Å². The first kappa shape index (κ1) is 13.9. The van der Waals surface area contributed by atoms with Gasteiger partial charge in [0.25, 0.3) is 0 Å². The highest BCUT2D eigenvalue weighted by atomic mass is 19.1. The van der Waals surface area contributed by atoms with Crippen molar-refractivity contribution in [2.24, 2.45) is 5.92 Å². The van der Waals surface area contributed by atoms with Gasteiger partial charge in [0.05, 0.1) is 0 Å². The number of hydrogen-bond acceptors (Lipinski definition) is 2. The fourth-order valence-electron chi connectivity index (χ4n) is 2.25. The van der Waals surface area contributed by atoms with Gasteiger partial charge >= 0.3 is 5.97 Å². The van der Waals surface area contributed by atoms with Crippen LogP contribution in [0.25, 0.3) is 0 Å². The Labute approximate surface area is 101 Å². The van der Waals surface area contributed by atoms with E-state index in [9.17, 15) is 14.0 Å². The number of amides is 1. The van der Waals surface area contributed by atoms with E-state index < -0.39 is 18.7 Å². The van der Waals surface area contributed by atoms with Crippen molar-refractivity contribution in [3.05, 3.63) is 0 Å². The summed E-state index contributed by atoms with van der Waals surface area (Å²) in [6, 6.07) is -1.40. The number of halogens is 1. The van der Waals surface area contributed by atoms with Crippen LogP contribution in [0.2, 0.25) is 0 Å². The molecule has 0 aromatic heterocycles. The lowest BCUT2D eigenvalue weighted by atomic mass is 9.96. The first-order valence-electron chi connectivity index (χ1n) is 6.21. The third kappa shape index (κ3) is 5.15. The molecule has 5 heteroatoms. The highest BCUT2D eigenvalue weighted by Crippen LogP contribution is 2.25. The van der Waals surface area contributed by atoms with Gasteiger partial charge in [0.2, 0.25) is 5.91 Å². The fraction of sp³-hybridized carbons (Fsp3) is 0.833. The molecule has 1 rings (SSSR count). The summed E-state index contributed by atoms with van der Waals surface area (Å²) < 4.78 is 12.3. The lowest BCUT2D eigenvalue weighted by Gasteiger charge is -2.15. The number of carbonyl (C=O) groups is 2. The first-order valence-corrected chi connectivity index (χ1v) is 6.21. The molecule has 0 heterocycles. The van der Waals surface area contributed by atoms with Crippen molar-refractivity contribution in [3.8, 4) is 0 Å². The molecule has 2 N–H and O–H groups in total. The van der Waals surface area contributed by atoms with Crippen LogP contribution in [0, 0.1) is 5.92 Å². The van der Waals surface area contributed by atoms with E-state index in [4.69, 9.17) is 5.11 Å². The van der Waals surface area contributed by atoms with Gasteiger partial charge in [-0.2, -0.15) is 0 Å². The van der Waals surface area contributed by atoms with Crippen LogP contribution >= 0.6 is 0 Å². The average Bonchev–Trinajstić information content (AvgIpc) is 2.54. The van der Waals surface area contributed by atoms with Gasteiger partial charge < -0.3 is 10.4 Å². The van der Waals surface area contributed by atoms with Gasteiger partial charge in [-0.1, -0.05) is 25.7 Å². The lowest BCUT2D eigenvalue weighted by molar-refractivity contribution is -0.142. The predicted molar refractivity (Wildman–Crippen MR) is 61.4 cm³/mol. The molecule has 4 nitrogen and oxygen atoms in total. The minimum atomic E-state index is -1.40. The summed E-state index contributed by atoms with van der Waals surface area (Å²) >= 11 is 0. The largest absolute Gasteiger partial charge is 0.480 e. The van der Waals surface area contributed by atoms with E-state index >= 15 is 0 Å². The maximum absolute atomic E-state index is 12.3. The summed E-state index contributed by atoms with van der Waals surface area (Å²) in [5.41, 5.74) is 0. The smallest absolute Gasteiger partial charge is 0.328 e. The topological polar surface area (TPSA) is 66.4 Å². The Morgan fingerprint density at radius 1 is 1.24 bits per heavy atom. The Kier molecular flexibility index (Phi) is 5.94. The molecule has 1 amide bonds. The third-order valence-electron chi connectivity index (χ3n) is 3.24. The summed E-state index contributed by atoms with van der Waals surface area (Å²) in [4.78, 5) is 22.1. The van der Waals surface area contributed by atoms with Crippen molar-refractivity contribution < 1.29 is 19.1 Å². The molecule has 1 unspecified atom stereocenters. The summed E-state index contributed by atoms with van der Waals surface area (Å²) in [5, 5.41) is 10.8. The second-order valence-electron chi connectivity index (χ2n) is 4.67. The second kappa shape index (κ2) is 7.25. The van der Waals surface area contributed by atoms with E-state index in [1.807, 2.05) is 0 Å². The number of hydrogen-bond donors (Lipinski definition) is 2. The molecule has 1 fully saturated rings. The van der Waals surface area contributed by atoms with E-state index in [-0.39, 0.29) is 5.91 Å². The van der Waals surface area contributed by atoms with Crippen LogP contribution in [-0.2, 0) is 9.59 Å². The summed E-state index contributed by atoms with van der Waals surface area (Å²) in [6.07, 6.45) is 7.03. The molecule has 1 aliphatic rings. The highest BCUT2D eigenvalue weighted by Gasteiger charge is 2.22. The highest BCUT2D eigenvalue weighted by molar-refractivity contribution is 5.83. The van der Waals surface area contributed by atoms with E-state index in [2.05, 4.69) is 5.32 Å². The molecular formula is C12H20FNO3. The second-order valence-corrected chi connectivity index (χ2v) is 4.67. The van der Waals surface area contributed by atoms with Crippen molar-refractivity contribution in [2.45, 2.75) is 51.0 Å². The SMILES string of the molecule is O=C(CC1CCCCCC1)NC(CF)C(=O)O. The van der Waals surface area contributed by atoms with Crippen molar-refractivity contribution in [2.75, 3.05) is 6.67 Å². The molecule has 98 valence electrons. The molecule has 17 heavy (non-hydrogen) atoms. The van der Waals surface area contributed by atoms with Crippen LogP contribution in [0.3, 0.4) is 0 Å². The number of carboxylic acids is 1. The molecule has 0 spiro atoms. The van der Waals surface area contributed by atoms with Crippen molar-refractivity contribution in [1.82, 2.24) is 5.32 Å². The number of aliphatic carboxylic acids is 1. The molecular weight excluding hydrogens is 225 g/mol. The van der Waals surface area contributed by atoms with E-state index in [0.29, 0.717) is 12.3 Å². The monoisotopic (exact) mass is 245 g/mol. The number of carbonyl (C=O) groups excluding carboxylic acids is 1. The van der Waals surface area contributed by atoms with Gasteiger partial charge in [0, 0.05) is 6.42 Å². The van der Waals surface area contributed by atoms with Crippen LogP contribution in [0.4, 0.5) is 4.39 Å². The lowest BCUT2D eigenvalue weighted by Crippen LogP contribution is -2.42. The zero-order valence-electron chi connectivity index (χ0n) is 9.95. The van der Waals surface area contributed by atoms with Crippen LogP contribution in [0.15, 0.2) is 0 Å². The average molecular weight is 245 g/mol. The number of alkyl halides is 1.